The molecule has 2 unspecified atom stereocenters. The monoisotopic (exact) mass is 463 g/mol. The van der Waals surface area contributed by atoms with E-state index < -0.39 is 0 Å². The van der Waals surface area contributed by atoms with Crippen molar-refractivity contribution in [3.05, 3.63) is 91.0 Å². The smallest absolute Gasteiger partial charge is 0.323 e. The highest BCUT2D eigenvalue weighted by Gasteiger charge is 2.31. The molecule has 5 nitrogen and oxygen atoms in total. The van der Waals surface area contributed by atoms with Crippen molar-refractivity contribution < 1.29 is 18.7 Å². The van der Waals surface area contributed by atoms with Gasteiger partial charge in [0.25, 0.3) is 0 Å². The summed E-state index contributed by atoms with van der Waals surface area (Å²) in [7, 11) is 1.41. The second-order valence-electron chi connectivity index (χ2n) is 8.84. The van der Waals surface area contributed by atoms with Crippen LogP contribution < -0.4 is 10.1 Å². The van der Waals surface area contributed by atoms with Gasteiger partial charge in [0.1, 0.15) is 29.1 Å². The Labute approximate surface area is 203 Å². The highest BCUT2D eigenvalue weighted by Crippen LogP contribution is 2.36. The number of rotatable bonds is 5. The molecule has 1 saturated heterocycles. The number of hydrogen-bond donors (Lipinski definition) is 1. The number of nitrogens with one attached hydrogen (secondary N) is 1. The topological polar surface area (TPSA) is 60.7 Å². The largest absolute Gasteiger partial charge is 0.489 e. The number of ether oxygens (including phenoxy) is 2. The summed E-state index contributed by atoms with van der Waals surface area (Å²) in [6.07, 6.45) is 0.554. The first-order valence-electron chi connectivity index (χ1n) is 11.8. The third kappa shape index (κ3) is 4.04. The van der Waals surface area contributed by atoms with Gasteiger partial charge in [-0.15, -0.1) is 0 Å². The molecular formula is C30H25NO4. The molecule has 0 saturated carbocycles. The van der Waals surface area contributed by atoms with Gasteiger partial charge in [0, 0.05) is 29.3 Å². The van der Waals surface area contributed by atoms with Crippen LogP contribution in [0.15, 0.2) is 95.4 Å². The van der Waals surface area contributed by atoms with E-state index >= 15 is 0 Å². The minimum Gasteiger partial charge on any atom is -0.489 e. The molecule has 1 N–H and O–H groups in total. The summed E-state index contributed by atoms with van der Waals surface area (Å²) in [6.45, 7) is 0.626. The standard InChI is InChI=1S/C30H25NO4/c1-33-30(32)27-17-23(18-31-27)34-22-15-13-20(14-16-22)19-9-11-21(12-10-19)24-6-4-7-26-25-5-2-3-8-28(25)35-29(24)26/h2-16,23,27,31H,17-18H2,1H3. The highest BCUT2D eigenvalue weighted by atomic mass is 16.5. The lowest BCUT2D eigenvalue weighted by atomic mass is 9.99. The first-order chi connectivity index (χ1) is 17.2. The maximum absolute atomic E-state index is 11.7. The number of furan rings is 1. The molecule has 0 aliphatic carbocycles. The average molecular weight is 464 g/mol. The second kappa shape index (κ2) is 8.93. The second-order valence-corrected chi connectivity index (χ2v) is 8.84. The van der Waals surface area contributed by atoms with Crippen LogP contribution in [0.3, 0.4) is 0 Å². The summed E-state index contributed by atoms with van der Waals surface area (Å²) in [5, 5.41) is 5.41. The summed E-state index contributed by atoms with van der Waals surface area (Å²) in [5.41, 5.74) is 6.27. The maximum atomic E-state index is 11.7. The van der Waals surface area contributed by atoms with Crippen LogP contribution >= 0.6 is 0 Å². The Morgan fingerprint density at radius 2 is 1.51 bits per heavy atom. The molecule has 174 valence electrons. The summed E-state index contributed by atoms with van der Waals surface area (Å²) in [6, 6.07) is 30.8. The van der Waals surface area contributed by atoms with Crippen molar-refractivity contribution in [2.45, 2.75) is 18.6 Å². The number of fused-ring (bicyclic) bond motifs is 3. The van der Waals surface area contributed by atoms with Gasteiger partial charge in [-0.3, -0.25) is 4.79 Å². The van der Waals surface area contributed by atoms with Gasteiger partial charge >= 0.3 is 5.97 Å². The van der Waals surface area contributed by atoms with Gasteiger partial charge in [-0.1, -0.05) is 72.8 Å². The average Bonchev–Trinajstić information content (AvgIpc) is 3.53. The summed E-state index contributed by atoms with van der Waals surface area (Å²) in [5.74, 6) is 0.547. The van der Waals surface area contributed by atoms with Crippen LogP contribution in [-0.4, -0.2) is 31.8 Å². The number of para-hydroxylation sites is 2. The number of carbonyl (C=O) groups is 1. The van der Waals surface area contributed by atoms with Gasteiger partial charge in [0.05, 0.1) is 7.11 Å². The molecule has 35 heavy (non-hydrogen) atoms. The first-order valence-corrected chi connectivity index (χ1v) is 11.8. The van der Waals surface area contributed by atoms with E-state index in [1.54, 1.807) is 0 Å². The highest BCUT2D eigenvalue weighted by molar-refractivity contribution is 6.09. The normalized spacial score (nSPS) is 17.6. The van der Waals surface area contributed by atoms with Crippen molar-refractivity contribution in [3.8, 4) is 28.0 Å². The third-order valence-electron chi connectivity index (χ3n) is 6.67. The molecule has 4 aromatic carbocycles. The lowest BCUT2D eigenvalue weighted by Gasteiger charge is -2.13. The van der Waals surface area contributed by atoms with Crippen LogP contribution in [0.2, 0.25) is 0 Å². The van der Waals surface area contributed by atoms with Crippen molar-refractivity contribution in [3.63, 3.8) is 0 Å². The molecule has 5 aromatic rings. The van der Waals surface area contributed by atoms with E-state index in [0.717, 1.165) is 49.9 Å². The number of hydrogen-bond acceptors (Lipinski definition) is 5. The molecule has 1 aliphatic heterocycles. The minimum absolute atomic E-state index is 0.0507. The number of benzene rings is 4. The zero-order valence-corrected chi connectivity index (χ0v) is 19.4. The summed E-state index contributed by atoms with van der Waals surface area (Å²) < 4.78 is 17.1. The molecule has 0 amide bonds. The molecule has 1 fully saturated rings. The van der Waals surface area contributed by atoms with E-state index in [2.05, 4.69) is 66.0 Å². The fourth-order valence-electron chi connectivity index (χ4n) is 4.85. The van der Waals surface area contributed by atoms with Crippen molar-refractivity contribution in [2.75, 3.05) is 13.7 Å². The van der Waals surface area contributed by atoms with Crippen molar-refractivity contribution in [1.82, 2.24) is 5.32 Å². The maximum Gasteiger partial charge on any atom is 0.323 e. The molecule has 0 bridgehead atoms. The Kier molecular flexibility index (Phi) is 5.47. The molecule has 1 aromatic heterocycles. The van der Waals surface area contributed by atoms with E-state index in [9.17, 15) is 4.79 Å². The lowest BCUT2D eigenvalue weighted by molar-refractivity contribution is -0.142. The van der Waals surface area contributed by atoms with Crippen LogP contribution in [0, 0.1) is 0 Å². The number of carbonyl (C=O) groups excluding carboxylic acids is 1. The Morgan fingerprint density at radius 3 is 2.29 bits per heavy atom. The fourth-order valence-corrected chi connectivity index (χ4v) is 4.85. The molecule has 5 heteroatoms. The Hall–Kier alpha value is -4.09. The quantitative estimate of drug-likeness (QED) is 0.314. The van der Waals surface area contributed by atoms with E-state index in [0.29, 0.717) is 13.0 Å². The first kappa shape index (κ1) is 21.4. The molecule has 6 rings (SSSR count). The number of esters is 1. The zero-order valence-electron chi connectivity index (χ0n) is 19.4. The SMILES string of the molecule is COC(=O)C1CC(Oc2ccc(-c3ccc(-c4cccc5c4oc4ccccc45)cc3)cc2)CN1. The van der Waals surface area contributed by atoms with Gasteiger partial charge in [0.2, 0.25) is 0 Å². The van der Waals surface area contributed by atoms with Gasteiger partial charge in [0.15, 0.2) is 0 Å². The van der Waals surface area contributed by atoms with E-state index in [4.69, 9.17) is 13.9 Å². The molecule has 2 atom stereocenters. The van der Waals surface area contributed by atoms with Gasteiger partial charge in [-0.25, -0.2) is 0 Å². The fraction of sp³-hybridized carbons (Fsp3) is 0.167. The molecule has 0 spiro atoms. The Morgan fingerprint density at radius 1 is 0.829 bits per heavy atom. The van der Waals surface area contributed by atoms with Crippen LogP contribution in [0.1, 0.15) is 6.42 Å². The summed E-state index contributed by atoms with van der Waals surface area (Å²) >= 11 is 0. The van der Waals surface area contributed by atoms with E-state index in [-0.39, 0.29) is 18.1 Å². The van der Waals surface area contributed by atoms with Gasteiger partial charge in [-0.05, 0) is 34.9 Å². The molecule has 2 heterocycles. The molecule has 0 radical (unpaired) electrons. The zero-order chi connectivity index (χ0) is 23.8. The molecular weight excluding hydrogens is 438 g/mol. The van der Waals surface area contributed by atoms with Crippen LogP contribution in [-0.2, 0) is 9.53 Å². The Bertz CT molecular complexity index is 1500. The third-order valence-corrected chi connectivity index (χ3v) is 6.67. The minimum atomic E-state index is -0.298. The predicted molar refractivity (Wildman–Crippen MR) is 137 cm³/mol. The van der Waals surface area contributed by atoms with Crippen molar-refractivity contribution in [2.24, 2.45) is 0 Å². The lowest BCUT2D eigenvalue weighted by Crippen LogP contribution is -2.31. The van der Waals surface area contributed by atoms with E-state index in [1.165, 1.54) is 7.11 Å². The van der Waals surface area contributed by atoms with Gasteiger partial charge < -0.3 is 19.2 Å². The predicted octanol–water partition coefficient (Wildman–Crippen LogP) is 6.20. The molecule has 1 aliphatic rings. The Balaban J connectivity index is 1.20. The van der Waals surface area contributed by atoms with Crippen molar-refractivity contribution in [1.29, 1.82) is 0 Å². The van der Waals surface area contributed by atoms with E-state index in [1.807, 2.05) is 30.3 Å². The van der Waals surface area contributed by atoms with Gasteiger partial charge in [-0.2, -0.15) is 0 Å². The van der Waals surface area contributed by atoms with Crippen LogP contribution in [0.5, 0.6) is 5.75 Å². The van der Waals surface area contributed by atoms with Crippen LogP contribution in [0.25, 0.3) is 44.2 Å². The van der Waals surface area contributed by atoms with Crippen LogP contribution in [0.4, 0.5) is 0 Å². The summed E-state index contributed by atoms with van der Waals surface area (Å²) in [4.78, 5) is 11.7. The van der Waals surface area contributed by atoms with Crippen molar-refractivity contribution >= 4 is 27.9 Å². The number of methoxy groups -OCH3 is 1.